The van der Waals surface area contributed by atoms with Crippen molar-refractivity contribution in [3.63, 3.8) is 0 Å². The highest BCUT2D eigenvalue weighted by atomic mass is 35.5. The Hall–Kier alpha value is -3.02. The first-order valence-electron chi connectivity index (χ1n) is 10.8. The number of ether oxygens (including phenoxy) is 1. The Kier molecular flexibility index (Phi) is 7.59. The van der Waals surface area contributed by atoms with Crippen molar-refractivity contribution in [3.8, 4) is 16.9 Å². The molecule has 2 aromatic heterocycles. The molecule has 37 heavy (non-hydrogen) atoms. The van der Waals surface area contributed by atoms with E-state index in [1.807, 2.05) is 0 Å². The lowest BCUT2D eigenvalue weighted by atomic mass is 10.0. The van der Waals surface area contributed by atoms with Gasteiger partial charge in [0.2, 0.25) is 5.91 Å². The summed E-state index contributed by atoms with van der Waals surface area (Å²) in [7, 11) is 0. The minimum Gasteiger partial charge on any atom is -0.482 e. The van der Waals surface area contributed by atoms with Crippen LogP contribution in [0.4, 0.5) is 13.2 Å². The standard InChI is InChI=1S/C23H18Cl3F3N4O4/c1-11(31-21(35)22(3-4-22)32-20(34)17-2-5-37-33-17)18-15(25)6-12(9-30-18)14-7-13(24)8-16(26)19(14)36-10-23(27,28)29/h2,5-9,11H,3-4,10H2,1H3,(H,31,35)(H,32,34)/t11-/m1/s1. The van der Waals surface area contributed by atoms with E-state index in [2.05, 4.69) is 25.3 Å². The van der Waals surface area contributed by atoms with Gasteiger partial charge in [0.25, 0.3) is 5.91 Å². The van der Waals surface area contributed by atoms with Crippen molar-refractivity contribution in [1.29, 1.82) is 0 Å². The van der Waals surface area contributed by atoms with Crippen LogP contribution < -0.4 is 15.4 Å². The predicted molar refractivity (Wildman–Crippen MR) is 129 cm³/mol. The number of nitrogens with zero attached hydrogens (tertiary/aromatic N) is 2. The molecule has 4 rings (SSSR count). The number of alkyl halides is 3. The molecule has 8 nitrogen and oxygen atoms in total. The van der Waals surface area contributed by atoms with Gasteiger partial charge in [-0.3, -0.25) is 14.6 Å². The van der Waals surface area contributed by atoms with Gasteiger partial charge in [-0.2, -0.15) is 13.2 Å². The van der Waals surface area contributed by atoms with Gasteiger partial charge in [-0.15, -0.1) is 0 Å². The van der Waals surface area contributed by atoms with Crippen LogP contribution >= 0.6 is 34.8 Å². The molecule has 1 aliphatic carbocycles. The van der Waals surface area contributed by atoms with Crippen molar-refractivity contribution in [2.24, 2.45) is 0 Å². The zero-order chi connectivity index (χ0) is 27.0. The summed E-state index contributed by atoms with van der Waals surface area (Å²) in [6.45, 7) is 0.0913. The summed E-state index contributed by atoms with van der Waals surface area (Å²) in [6, 6.07) is 4.80. The molecule has 0 unspecified atom stereocenters. The average Bonchev–Trinajstić information content (AvgIpc) is 3.37. The molecule has 0 spiro atoms. The first kappa shape index (κ1) is 27.0. The van der Waals surface area contributed by atoms with Gasteiger partial charge < -0.3 is 19.9 Å². The van der Waals surface area contributed by atoms with Crippen molar-refractivity contribution in [2.45, 2.75) is 37.5 Å². The maximum Gasteiger partial charge on any atom is 0.422 e. The van der Waals surface area contributed by atoms with Crippen molar-refractivity contribution >= 4 is 46.6 Å². The third-order valence-corrected chi connectivity index (χ3v) is 6.34. The molecule has 1 fully saturated rings. The number of rotatable bonds is 8. The van der Waals surface area contributed by atoms with Crippen LogP contribution in [0.3, 0.4) is 0 Å². The van der Waals surface area contributed by atoms with Gasteiger partial charge in [0.15, 0.2) is 12.3 Å². The van der Waals surface area contributed by atoms with Crippen LogP contribution in [0.1, 0.15) is 42.0 Å². The number of hydrogen-bond donors (Lipinski definition) is 2. The van der Waals surface area contributed by atoms with E-state index < -0.39 is 36.2 Å². The third-order valence-electron chi connectivity index (χ3n) is 5.53. The van der Waals surface area contributed by atoms with Gasteiger partial charge in [-0.05, 0) is 38.0 Å². The molecule has 2 N–H and O–H groups in total. The maximum absolute atomic E-state index is 12.9. The number of benzene rings is 1. The second-order valence-corrected chi connectivity index (χ2v) is 9.63. The molecule has 1 aromatic carbocycles. The third kappa shape index (κ3) is 6.28. The van der Waals surface area contributed by atoms with E-state index in [0.717, 1.165) is 0 Å². The lowest BCUT2D eigenvalue weighted by molar-refractivity contribution is -0.153. The molecule has 1 saturated carbocycles. The number of hydrogen-bond acceptors (Lipinski definition) is 6. The van der Waals surface area contributed by atoms with Gasteiger partial charge in [0.05, 0.1) is 21.8 Å². The molecule has 1 aliphatic rings. The van der Waals surface area contributed by atoms with Crippen molar-refractivity contribution < 1.29 is 32.0 Å². The molecule has 2 amide bonds. The zero-order valence-corrected chi connectivity index (χ0v) is 21.2. The lowest BCUT2D eigenvalue weighted by Gasteiger charge is -2.21. The average molecular weight is 578 g/mol. The van der Waals surface area contributed by atoms with Gasteiger partial charge in [-0.1, -0.05) is 40.0 Å². The summed E-state index contributed by atoms with van der Waals surface area (Å²) in [5.74, 6) is -1.20. The number of pyridine rings is 1. The SMILES string of the molecule is C[C@@H](NC(=O)C1(NC(=O)c2ccon2)CC1)c1ncc(-c2cc(Cl)cc(Cl)c2OCC(F)(F)F)cc1Cl. The molecule has 0 aliphatic heterocycles. The van der Waals surface area contributed by atoms with Crippen LogP contribution in [-0.2, 0) is 4.79 Å². The fourth-order valence-corrected chi connectivity index (χ4v) is 4.42. The van der Waals surface area contributed by atoms with Crippen LogP contribution in [-0.4, -0.2) is 40.3 Å². The first-order valence-corrected chi connectivity index (χ1v) is 11.9. The number of halogens is 6. The van der Waals surface area contributed by atoms with Gasteiger partial charge in [0.1, 0.15) is 17.6 Å². The minimum atomic E-state index is -4.58. The Morgan fingerprint density at radius 3 is 2.51 bits per heavy atom. The smallest absolute Gasteiger partial charge is 0.422 e. The molecule has 0 bridgehead atoms. The highest BCUT2D eigenvalue weighted by molar-refractivity contribution is 6.36. The van der Waals surface area contributed by atoms with Crippen LogP contribution in [0.5, 0.6) is 5.75 Å². The monoisotopic (exact) mass is 576 g/mol. The van der Waals surface area contributed by atoms with Crippen LogP contribution in [0.15, 0.2) is 41.2 Å². The molecule has 2 heterocycles. The van der Waals surface area contributed by atoms with E-state index >= 15 is 0 Å². The van der Waals surface area contributed by atoms with Crippen LogP contribution in [0.25, 0.3) is 11.1 Å². The topological polar surface area (TPSA) is 106 Å². The second kappa shape index (κ2) is 10.4. The minimum absolute atomic E-state index is 0.0483. The molecular weight excluding hydrogens is 560 g/mol. The second-order valence-electron chi connectivity index (χ2n) is 8.38. The fraction of sp³-hybridized carbons (Fsp3) is 0.304. The Labute approximate surface area is 223 Å². The van der Waals surface area contributed by atoms with Crippen molar-refractivity contribution in [2.75, 3.05) is 6.61 Å². The maximum atomic E-state index is 12.9. The van der Waals surface area contributed by atoms with Gasteiger partial charge >= 0.3 is 6.18 Å². The summed E-state index contributed by atoms with van der Waals surface area (Å²) >= 11 is 18.6. The van der Waals surface area contributed by atoms with E-state index in [4.69, 9.17) is 39.5 Å². The van der Waals surface area contributed by atoms with E-state index in [-0.39, 0.29) is 32.1 Å². The normalized spacial score (nSPS) is 15.1. The summed E-state index contributed by atoms with van der Waals surface area (Å²) in [6.07, 6.45) is -1.11. The van der Waals surface area contributed by atoms with E-state index in [1.54, 1.807) is 6.92 Å². The summed E-state index contributed by atoms with van der Waals surface area (Å²) in [5, 5.41) is 9.18. The van der Waals surface area contributed by atoms with Gasteiger partial charge in [0, 0.05) is 28.4 Å². The Morgan fingerprint density at radius 2 is 1.92 bits per heavy atom. The summed E-state index contributed by atoms with van der Waals surface area (Å²) in [4.78, 5) is 29.5. The number of carbonyl (C=O) groups is 2. The number of aromatic nitrogens is 2. The van der Waals surface area contributed by atoms with E-state index in [0.29, 0.717) is 24.1 Å². The van der Waals surface area contributed by atoms with Crippen LogP contribution in [0, 0.1) is 0 Å². The van der Waals surface area contributed by atoms with Crippen molar-refractivity contribution in [3.05, 3.63) is 63.2 Å². The van der Waals surface area contributed by atoms with Crippen LogP contribution in [0.2, 0.25) is 15.1 Å². The van der Waals surface area contributed by atoms with E-state index in [1.165, 1.54) is 36.7 Å². The molecule has 14 heteroatoms. The Balaban J connectivity index is 1.51. The largest absolute Gasteiger partial charge is 0.482 e. The molecular formula is C23H18Cl3F3N4O4. The highest BCUT2D eigenvalue weighted by Gasteiger charge is 2.51. The Morgan fingerprint density at radius 1 is 1.19 bits per heavy atom. The highest BCUT2D eigenvalue weighted by Crippen LogP contribution is 2.41. The Bertz CT molecular complexity index is 1330. The zero-order valence-electron chi connectivity index (χ0n) is 19.0. The summed E-state index contributed by atoms with van der Waals surface area (Å²) in [5.41, 5.74) is -0.284. The van der Waals surface area contributed by atoms with E-state index in [9.17, 15) is 22.8 Å². The summed E-state index contributed by atoms with van der Waals surface area (Å²) < 4.78 is 47.8. The first-order chi connectivity index (χ1) is 17.4. The quantitative estimate of drug-likeness (QED) is 0.352. The molecule has 0 radical (unpaired) electrons. The fourth-order valence-electron chi connectivity index (χ4n) is 3.54. The molecule has 196 valence electrons. The number of carbonyl (C=O) groups excluding carboxylic acids is 2. The predicted octanol–water partition coefficient (Wildman–Crippen LogP) is 5.78. The van der Waals surface area contributed by atoms with Gasteiger partial charge in [-0.25, -0.2) is 0 Å². The molecule has 0 saturated heterocycles. The van der Waals surface area contributed by atoms with Crippen molar-refractivity contribution in [1.82, 2.24) is 20.8 Å². The molecule has 3 aromatic rings. The number of nitrogens with one attached hydrogen (secondary N) is 2. The number of amides is 2. The molecule has 1 atom stereocenters. The lowest BCUT2D eigenvalue weighted by Crippen LogP contribution is -2.49.